The molecule has 0 amide bonds. The highest BCUT2D eigenvalue weighted by Crippen LogP contribution is 2.25. The zero-order valence-electron chi connectivity index (χ0n) is 15.0. The molecule has 1 unspecified atom stereocenters. The second kappa shape index (κ2) is 7.28. The maximum Gasteiger partial charge on any atom is 0.262 e. The quantitative estimate of drug-likeness (QED) is 0.756. The van der Waals surface area contributed by atoms with Crippen LogP contribution in [0.2, 0.25) is 0 Å². The molecule has 142 valence electrons. The molecule has 1 aliphatic rings. The predicted octanol–water partition coefficient (Wildman–Crippen LogP) is 1.80. The van der Waals surface area contributed by atoms with Gasteiger partial charge in [0.1, 0.15) is 12.4 Å². The van der Waals surface area contributed by atoms with E-state index in [9.17, 15) is 12.8 Å². The van der Waals surface area contributed by atoms with E-state index in [4.69, 9.17) is 4.74 Å². The second-order valence-electron chi connectivity index (χ2n) is 6.44. The van der Waals surface area contributed by atoms with Gasteiger partial charge < -0.3 is 9.30 Å². The molecule has 0 saturated carbocycles. The van der Waals surface area contributed by atoms with E-state index in [1.807, 2.05) is 13.8 Å². The number of halogens is 1. The Morgan fingerprint density at radius 1 is 1.35 bits per heavy atom. The van der Waals surface area contributed by atoms with Crippen LogP contribution in [-0.2, 0) is 16.4 Å². The maximum atomic E-state index is 14.2. The van der Waals surface area contributed by atoms with Gasteiger partial charge in [-0.2, -0.15) is 13.7 Å². The predicted molar refractivity (Wildman–Crippen MR) is 91.8 cm³/mol. The Morgan fingerprint density at radius 2 is 2.12 bits per heavy atom. The van der Waals surface area contributed by atoms with E-state index in [1.54, 1.807) is 11.5 Å². The Labute approximate surface area is 152 Å². The third-order valence-electron chi connectivity index (χ3n) is 4.33. The Morgan fingerprint density at radius 3 is 2.77 bits per heavy atom. The van der Waals surface area contributed by atoms with Crippen molar-refractivity contribution in [2.75, 3.05) is 13.1 Å². The number of hydrogen-bond donors (Lipinski definition) is 0. The van der Waals surface area contributed by atoms with Crippen LogP contribution >= 0.6 is 0 Å². The molecule has 2 aromatic rings. The molecule has 1 saturated heterocycles. The lowest BCUT2D eigenvalue weighted by atomic mass is 10.3. The van der Waals surface area contributed by atoms with Crippen molar-refractivity contribution in [1.29, 1.82) is 0 Å². The Bertz CT molecular complexity index is 884. The molecule has 0 bridgehead atoms. The molecular weight excluding hydrogens is 361 g/mol. The topological polar surface area (TPSA) is 90.2 Å². The van der Waals surface area contributed by atoms with Gasteiger partial charge in [-0.1, -0.05) is 6.92 Å². The lowest BCUT2D eigenvalue weighted by Crippen LogP contribution is -2.31. The highest BCUT2D eigenvalue weighted by molar-refractivity contribution is 7.89. The maximum absolute atomic E-state index is 14.2. The number of hydrogen-bond acceptors (Lipinski definition) is 6. The molecule has 0 spiro atoms. The average molecular weight is 383 g/mol. The second-order valence-corrected chi connectivity index (χ2v) is 8.32. The van der Waals surface area contributed by atoms with Gasteiger partial charge in [0.15, 0.2) is 5.03 Å². The molecule has 1 atom stereocenters. The summed E-state index contributed by atoms with van der Waals surface area (Å²) in [6.45, 7) is 6.09. The molecule has 0 aromatic carbocycles. The standard InChI is InChI=1S/C16H22FN5O3S/c1-4-13-15(17)16(19-9-18-13)25-12-5-6-22(7-12)26(23,24)14-8-21(10-20-14)11(2)3/h8-12H,4-7H2,1-3H3. The van der Waals surface area contributed by atoms with Gasteiger partial charge in [-0.3, -0.25) is 0 Å². The fourth-order valence-electron chi connectivity index (χ4n) is 2.75. The number of sulfonamides is 1. The van der Waals surface area contributed by atoms with Crippen molar-refractivity contribution >= 4 is 10.0 Å². The lowest BCUT2D eigenvalue weighted by molar-refractivity contribution is 0.195. The fraction of sp³-hybridized carbons (Fsp3) is 0.562. The van der Waals surface area contributed by atoms with E-state index < -0.39 is 21.9 Å². The fourth-order valence-corrected chi connectivity index (χ4v) is 4.16. The average Bonchev–Trinajstić information content (AvgIpc) is 3.26. The Hall–Kier alpha value is -2.07. The number of ether oxygens (including phenoxy) is 1. The first-order valence-electron chi connectivity index (χ1n) is 8.52. The van der Waals surface area contributed by atoms with E-state index in [0.29, 0.717) is 12.8 Å². The van der Waals surface area contributed by atoms with Crippen LogP contribution in [0, 0.1) is 5.82 Å². The van der Waals surface area contributed by atoms with Crippen LogP contribution in [0.5, 0.6) is 5.88 Å². The molecule has 3 heterocycles. The molecule has 1 aliphatic heterocycles. The van der Waals surface area contributed by atoms with Crippen LogP contribution in [-0.4, -0.2) is 51.4 Å². The van der Waals surface area contributed by atoms with Gasteiger partial charge in [0, 0.05) is 18.8 Å². The van der Waals surface area contributed by atoms with Crippen molar-refractivity contribution in [3.05, 3.63) is 30.4 Å². The Balaban J connectivity index is 1.72. The minimum atomic E-state index is -3.70. The van der Waals surface area contributed by atoms with Gasteiger partial charge in [0.2, 0.25) is 5.82 Å². The summed E-state index contributed by atoms with van der Waals surface area (Å²) in [5.74, 6) is -0.725. The summed E-state index contributed by atoms with van der Waals surface area (Å²) < 4.78 is 48.3. The first kappa shape index (κ1) is 18.7. The molecule has 3 rings (SSSR count). The van der Waals surface area contributed by atoms with Gasteiger partial charge >= 0.3 is 0 Å². The summed E-state index contributed by atoms with van der Waals surface area (Å²) in [6.07, 6.45) is 4.68. The summed E-state index contributed by atoms with van der Waals surface area (Å²) in [5, 5.41) is 0.00772. The number of aromatic nitrogens is 4. The molecule has 26 heavy (non-hydrogen) atoms. The monoisotopic (exact) mass is 383 g/mol. The largest absolute Gasteiger partial charge is 0.471 e. The molecule has 2 aromatic heterocycles. The van der Waals surface area contributed by atoms with Crippen LogP contribution in [0.4, 0.5) is 4.39 Å². The highest BCUT2D eigenvalue weighted by atomic mass is 32.2. The van der Waals surface area contributed by atoms with E-state index in [-0.39, 0.29) is 35.7 Å². The molecule has 1 fully saturated rings. The molecule has 0 radical (unpaired) electrons. The smallest absolute Gasteiger partial charge is 0.262 e. The zero-order valence-corrected chi connectivity index (χ0v) is 15.8. The van der Waals surface area contributed by atoms with Gasteiger partial charge in [-0.25, -0.2) is 18.4 Å². The van der Waals surface area contributed by atoms with Crippen molar-refractivity contribution in [2.45, 2.75) is 50.8 Å². The van der Waals surface area contributed by atoms with E-state index in [1.165, 1.54) is 23.2 Å². The number of imidazole rings is 1. The minimum absolute atomic E-state index is 0.00772. The van der Waals surface area contributed by atoms with Crippen molar-refractivity contribution in [2.24, 2.45) is 0 Å². The number of rotatable bonds is 6. The molecule has 0 aliphatic carbocycles. The van der Waals surface area contributed by atoms with Gasteiger partial charge in [-0.15, -0.1) is 0 Å². The van der Waals surface area contributed by atoms with Gasteiger partial charge in [0.05, 0.1) is 18.6 Å². The summed E-state index contributed by atoms with van der Waals surface area (Å²) in [6, 6.07) is 0.120. The van der Waals surface area contributed by atoms with Crippen LogP contribution in [0.1, 0.15) is 38.9 Å². The lowest BCUT2D eigenvalue weighted by Gasteiger charge is -2.16. The summed E-state index contributed by atoms with van der Waals surface area (Å²) >= 11 is 0. The third-order valence-corrected chi connectivity index (χ3v) is 6.08. The third kappa shape index (κ3) is 3.56. The first-order chi connectivity index (χ1) is 12.3. The first-order valence-corrected chi connectivity index (χ1v) is 9.96. The van der Waals surface area contributed by atoms with Crippen LogP contribution < -0.4 is 4.74 Å². The SMILES string of the molecule is CCc1ncnc(OC2CCN(S(=O)(=O)c3cn(C(C)C)cn3)C2)c1F. The van der Waals surface area contributed by atoms with Crippen LogP contribution in [0.15, 0.2) is 23.9 Å². The summed E-state index contributed by atoms with van der Waals surface area (Å²) in [7, 11) is -3.70. The van der Waals surface area contributed by atoms with Crippen LogP contribution in [0.3, 0.4) is 0 Å². The summed E-state index contributed by atoms with van der Waals surface area (Å²) in [4.78, 5) is 11.7. The molecule has 0 N–H and O–H groups in total. The van der Waals surface area contributed by atoms with E-state index in [2.05, 4.69) is 15.0 Å². The molecular formula is C16H22FN5O3S. The number of nitrogens with zero attached hydrogens (tertiary/aromatic N) is 5. The minimum Gasteiger partial charge on any atom is -0.471 e. The van der Waals surface area contributed by atoms with Crippen LogP contribution in [0.25, 0.3) is 0 Å². The molecule has 10 heteroatoms. The van der Waals surface area contributed by atoms with E-state index in [0.717, 1.165) is 0 Å². The zero-order chi connectivity index (χ0) is 18.9. The summed E-state index contributed by atoms with van der Waals surface area (Å²) in [5.41, 5.74) is 0.275. The highest BCUT2D eigenvalue weighted by Gasteiger charge is 2.35. The van der Waals surface area contributed by atoms with Gasteiger partial charge in [0.25, 0.3) is 15.9 Å². The van der Waals surface area contributed by atoms with Crippen molar-refractivity contribution in [3.63, 3.8) is 0 Å². The van der Waals surface area contributed by atoms with E-state index >= 15 is 0 Å². The molecule has 8 nitrogen and oxygen atoms in total. The Kier molecular flexibility index (Phi) is 5.24. The van der Waals surface area contributed by atoms with Crippen molar-refractivity contribution < 1.29 is 17.5 Å². The van der Waals surface area contributed by atoms with Crippen molar-refractivity contribution in [3.8, 4) is 5.88 Å². The normalized spacial score (nSPS) is 18.6. The number of aryl methyl sites for hydroxylation is 1. The van der Waals surface area contributed by atoms with Crippen molar-refractivity contribution in [1.82, 2.24) is 23.8 Å². The van der Waals surface area contributed by atoms with Gasteiger partial charge in [-0.05, 0) is 26.7 Å².